The van der Waals surface area contributed by atoms with Gasteiger partial charge in [-0.25, -0.2) is 0 Å². The number of fused-ring (bicyclic) bond motifs is 1. The fraction of sp³-hybridized carbons (Fsp3) is 0.211. The Hall–Kier alpha value is -2.17. The van der Waals surface area contributed by atoms with E-state index >= 15 is 0 Å². The van der Waals surface area contributed by atoms with Crippen LogP contribution in [0.2, 0.25) is 10.0 Å². The number of benzene rings is 2. The predicted octanol–water partition coefficient (Wildman–Crippen LogP) is 4.94. The van der Waals surface area contributed by atoms with Crippen molar-refractivity contribution in [2.45, 2.75) is 19.9 Å². The van der Waals surface area contributed by atoms with Crippen molar-refractivity contribution in [1.82, 2.24) is 4.57 Å². The van der Waals surface area contributed by atoms with Crippen LogP contribution in [0.3, 0.4) is 0 Å². The summed E-state index contributed by atoms with van der Waals surface area (Å²) in [6.45, 7) is 2.52. The van der Waals surface area contributed by atoms with E-state index in [2.05, 4.69) is 4.57 Å². The number of hydrogen-bond donors (Lipinski definition) is 1. The number of carboxylic acids is 1. The Morgan fingerprint density at radius 3 is 2.48 bits per heavy atom. The third-order valence-electron chi connectivity index (χ3n) is 4.31. The van der Waals surface area contributed by atoms with Gasteiger partial charge in [0.05, 0.1) is 24.1 Å². The molecule has 0 spiro atoms. The quantitative estimate of drug-likeness (QED) is 0.684. The summed E-state index contributed by atoms with van der Waals surface area (Å²) in [6.07, 6.45) is -0.0548. The highest BCUT2D eigenvalue weighted by Gasteiger charge is 2.19. The summed E-state index contributed by atoms with van der Waals surface area (Å²) < 4.78 is 7.36. The van der Waals surface area contributed by atoms with Gasteiger partial charge in [-0.3, -0.25) is 4.79 Å². The molecule has 130 valence electrons. The number of carboxylic acid groups (broad SMARTS) is 1. The van der Waals surface area contributed by atoms with Gasteiger partial charge in [-0.2, -0.15) is 0 Å². The highest BCUT2D eigenvalue weighted by molar-refractivity contribution is 6.33. The van der Waals surface area contributed by atoms with E-state index in [0.717, 1.165) is 27.7 Å². The Morgan fingerprint density at radius 2 is 1.88 bits per heavy atom. The lowest BCUT2D eigenvalue weighted by molar-refractivity contribution is -0.136. The minimum Gasteiger partial charge on any atom is -0.495 e. The van der Waals surface area contributed by atoms with E-state index in [4.69, 9.17) is 27.9 Å². The lowest BCUT2D eigenvalue weighted by Crippen LogP contribution is -2.05. The van der Waals surface area contributed by atoms with Crippen LogP contribution < -0.4 is 4.74 Å². The standard InChI is InChI=1S/C19H17Cl2NO3/c1-11-14(8-19(23)24)15-7-18(25-2)16(21)9-17(15)22(11)10-12-3-5-13(20)6-4-12/h3-7,9H,8,10H2,1-2H3,(H,23,24). The average Bonchev–Trinajstić information content (AvgIpc) is 2.80. The van der Waals surface area contributed by atoms with Gasteiger partial charge in [0.2, 0.25) is 0 Å². The first kappa shape index (κ1) is 17.6. The molecule has 0 unspecified atom stereocenters. The van der Waals surface area contributed by atoms with Crippen molar-refractivity contribution >= 4 is 40.1 Å². The van der Waals surface area contributed by atoms with E-state index in [1.165, 1.54) is 0 Å². The monoisotopic (exact) mass is 377 g/mol. The molecule has 25 heavy (non-hydrogen) atoms. The molecule has 0 saturated carbocycles. The van der Waals surface area contributed by atoms with Gasteiger partial charge < -0.3 is 14.4 Å². The number of aromatic nitrogens is 1. The zero-order valence-corrected chi connectivity index (χ0v) is 15.4. The van der Waals surface area contributed by atoms with Gasteiger partial charge in [0.1, 0.15) is 5.75 Å². The molecule has 0 saturated heterocycles. The number of aliphatic carboxylic acids is 1. The minimum atomic E-state index is -0.873. The van der Waals surface area contributed by atoms with Gasteiger partial charge in [0.25, 0.3) is 0 Å². The van der Waals surface area contributed by atoms with Crippen molar-refractivity contribution in [2.24, 2.45) is 0 Å². The van der Waals surface area contributed by atoms with Crippen molar-refractivity contribution in [2.75, 3.05) is 7.11 Å². The molecule has 3 rings (SSSR count). The molecular weight excluding hydrogens is 361 g/mol. The number of hydrogen-bond acceptors (Lipinski definition) is 2. The van der Waals surface area contributed by atoms with Crippen LogP contribution in [0, 0.1) is 6.92 Å². The van der Waals surface area contributed by atoms with E-state index in [9.17, 15) is 9.90 Å². The molecule has 2 aromatic carbocycles. The van der Waals surface area contributed by atoms with Crippen LogP contribution in [0.4, 0.5) is 0 Å². The lowest BCUT2D eigenvalue weighted by Gasteiger charge is -2.10. The Kier molecular flexibility index (Phi) is 4.93. The van der Waals surface area contributed by atoms with Crippen molar-refractivity contribution in [3.05, 3.63) is 63.3 Å². The topological polar surface area (TPSA) is 51.5 Å². The van der Waals surface area contributed by atoms with Crippen molar-refractivity contribution in [3.63, 3.8) is 0 Å². The van der Waals surface area contributed by atoms with E-state index in [1.54, 1.807) is 13.2 Å². The summed E-state index contributed by atoms with van der Waals surface area (Å²) in [6, 6.07) is 11.2. The SMILES string of the molecule is COc1cc2c(CC(=O)O)c(C)n(Cc3ccc(Cl)cc3)c2cc1Cl. The highest BCUT2D eigenvalue weighted by Crippen LogP contribution is 2.35. The van der Waals surface area contributed by atoms with E-state index < -0.39 is 5.97 Å². The van der Waals surface area contributed by atoms with Crippen LogP contribution in [0.15, 0.2) is 36.4 Å². The van der Waals surface area contributed by atoms with Gasteiger partial charge >= 0.3 is 5.97 Å². The Morgan fingerprint density at radius 1 is 1.20 bits per heavy atom. The molecule has 0 fully saturated rings. The molecule has 3 aromatic rings. The molecule has 0 amide bonds. The smallest absolute Gasteiger partial charge is 0.307 e. The third-order valence-corrected chi connectivity index (χ3v) is 4.86. The zero-order valence-electron chi connectivity index (χ0n) is 13.8. The number of halogens is 2. The average molecular weight is 378 g/mol. The third kappa shape index (κ3) is 3.46. The van der Waals surface area contributed by atoms with Gasteiger partial charge in [-0.1, -0.05) is 35.3 Å². The van der Waals surface area contributed by atoms with Crippen LogP contribution >= 0.6 is 23.2 Å². The van der Waals surface area contributed by atoms with Crippen molar-refractivity contribution in [3.8, 4) is 5.75 Å². The summed E-state index contributed by atoms with van der Waals surface area (Å²) in [5, 5.41) is 11.3. The summed E-state index contributed by atoms with van der Waals surface area (Å²) in [7, 11) is 1.54. The number of methoxy groups -OCH3 is 1. The minimum absolute atomic E-state index is 0.0548. The Labute approximate surface area is 155 Å². The van der Waals surface area contributed by atoms with Crippen LogP contribution in [0.5, 0.6) is 5.75 Å². The normalized spacial score (nSPS) is 11.0. The molecule has 4 nitrogen and oxygen atoms in total. The predicted molar refractivity (Wildman–Crippen MR) is 100 cm³/mol. The Bertz CT molecular complexity index is 946. The number of carbonyl (C=O) groups is 1. The van der Waals surface area contributed by atoms with Crippen LogP contribution in [-0.4, -0.2) is 22.8 Å². The van der Waals surface area contributed by atoms with Gasteiger partial charge in [-0.05, 0) is 42.3 Å². The maximum atomic E-state index is 11.3. The summed E-state index contributed by atoms with van der Waals surface area (Å²) in [4.78, 5) is 11.3. The second-order valence-corrected chi connectivity index (χ2v) is 6.69. The summed E-state index contributed by atoms with van der Waals surface area (Å²) in [5.74, 6) is -0.341. The zero-order chi connectivity index (χ0) is 18.1. The van der Waals surface area contributed by atoms with Gasteiger partial charge in [0, 0.05) is 22.6 Å². The Balaban J connectivity index is 2.19. The molecule has 0 aliphatic rings. The summed E-state index contributed by atoms with van der Waals surface area (Å²) >= 11 is 12.2. The second-order valence-electron chi connectivity index (χ2n) is 5.85. The lowest BCUT2D eigenvalue weighted by atomic mass is 10.1. The fourth-order valence-corrected chi connectivity index (χ4v) is 3.41. The molecule has 0 atom stereocenters. The van der Waals surface area contributed by atoms with Gasteiger partial charge in [0.15, 0.2) is 0 Å². The maximum absolute atomic E-state index is 11.3. The van der Waals surface area contributed by atoms with E-state index in [0.29, 0.717) is 22.3 Å². The molecule has 6 heteroatoms. The molecule has 0 bridgehead atoms. The van der Waals surface area contributed by atoms with E-state index in [1.807, 2.05) is 37.3 Å². The molecule has 0 radical (unpaired) electrons. The molecule has 0 aliphatic carbocycles. The first-order chi connectivity index (χ1) is 11.9. The first-order valence-corrected chi connectivity index (χ1v) is 8.47. The highest BCUT2D eigenvalue weighted by atomic mass is 35.5. The fourth-order valence-electron chi connectivity index (χ4n) is 3.05. The summed E-state index contributed by atoms with van der Waals surface area (Å²) in [5.41, 5.74) is 3.62. The first-order valence-electron chi connectivity index (χ1n) is 7.72. The van der Waals surface area contributed by atoms with Gasteiger partial charge in [-0.15, -0.1) is 0 Å². The number of nitrogens with zero attached hydrogens (tertiary/aromatic N) is 1. The van der Waals surface area contributed by atoms with E-state index in [-0.39, 0.29) is 6.42 Å². The largest absolute Gasteiger partial charge is 0.495 e. The molecule has 1 N–H and O–H groups in total. The van der Waals surface area contributed by atoms with Crippen LogP contribution in [0.1, 0.15) is 16.8 Å². The van der Waals surface area contributed by atoms with Crippen molar-refractivity contribution < 1.29 is 14.6 Å². The van der Waals surface area contributed by atoms with Crippen LogP contribution in [-0.2, 0) is 17.8 Å². The second kappa shape index (κ2) is 6.98. The molecular formula is C19H17Cl2NO3. The molecule has 0 aliphatic heterocycles. The molecule has 1 aromatic heterocycles. The number of rotatable bonds is 5. The maximum Gasteiger partial charge on any atom is 0.307 e. The molecule has 1 heterocycles. The van der Waals surface area contributed by atoms with Crippen LogP contribution in [0.25, 0.3) is 10.9 Å². The number of ether oxygens (including phenoxy) is 1. The van der Waals surface area contributed by atoms with Crippen molar-refractivity contribution in [1.29, 1.82) is 0 Å².